The molecule has 0 spiro atoms. The molecule has 120 valence electrons. The number of hydrogen-bond donors (Lipinski definition) is 1. The molecule has 0 aromatic heterocycles. The van der Waals surface area contributed by atoms with E-state index >= 15 is 0 Å². The van der Waals surface area contributed by atoms with E-state index in [1.165, 1.54) is 17.8 Å². The number of carbonyl (C=O) groups is 2. The zero-order chi connectivity index (χ0) is 16.5. The standard InChI is InChI=1S/C17H18N2O3S/c18-13-17(9-4-5-10-17)19-15(20)12-22-16(21)8-11-23-14-6-2-1-3-7-14/h1-3,6-8,11H,4-5,9-10,12H2,(H,19,20)/b11-8+. The van der Waals surface area contributed by atoms with Crippen LogP contribution >= 0.6 is 11.8 Å². The average molecular weight is 330 g/mol. The zero-order valence-corrected chi connectivity index (χ0v) is 13.5. The number of thioether (sulfide) groups is 1. The van der Waals surface area contributed by atoms with Gasteiger partial charge in [-0.05, 0) is 43.2 Å². The van der Waals surface area contributed by atoms with Crippen LogP contribution in [0.5, 0.6) is 0 Å². The molecule has 0 bridgehead atoms. The van der Waals surface area contributed by atoms with Gasteiger partial charge >= 0.3 is 5.97 Å². The highest BCUT2D eigenvalue weighted by Crippen LogP contribution is 2.28. The SMILES string of the molecule is N#CC1(NC(=O)COC(=O)/C=C/Sc2ccccc2)CCCC1. The number of amides is 1. The Labute approximate surface area is 139 Å². The number of rotatable bonds is 6. The summed E-state index contributed by atoms with van der Waals surface area (Å²) in [6.07, 6.45) is 4.42. The van der Waals surface area contributed by atoms with Crippen LogP contribution in [0.1, 0.15) is 25.7 Å². The smallest absolute Gasteiger partial charge is 0.331 e. The minimum Gasteiger partial charge on any atom is -0.452 e. The van der Waals surface area contributed by atoms with Crippen molar-refractivity contribution in [2.45, 2.75) is 36.1 Å². The van der Waals surface area contributed by atoms with Crippen molar-refractivity contribution in [2.75, 3.05) is 6.61 Å². The van der Waals surface area contributed by atoms with E-state index in [2.05, 4.69) is 11.4 Å². The van der Waals surface area contributed by atoms with Gasteiger partial charge in [-0.25, -0.2) is 4.79 Å². The van der Waals surface area contributed by atoms with Crippen molar-refractivity contribution < 1.29 is 14.3 Å². The molecule has 1 aromatic rings. The van der Waals surface area contributed by atoms with E-state index in [1.54, 1.807) is 5.41 Å². The van der Waals surface area contributed by atoms with Gasteiger partial charge in [0.25, 0.3) is 5.91 Å². The van der Waals surface area contributed by atoms with Crippen molar-refractivity contribution in [3.8, 4) is 6.07 Å². The molecule has 0 aliphatic heterocycles. The number of esters is 1. The summed E-state index contributed by atoms with van der Waals surface area (Å²) < 4.78 is 4.88. The monoisotopic (exact) mass is 330 g/mol. The summed E-state index contributed by atoms with van der Waals surface area (Å²) in [4.78, 5) is 24.4. The number of benzene rings is 1. The van der Waals surface area contributed by atoms with E-state index in [4.69, 9.17) is 4.74 Å². The van der Waals surface area contributed by atoms with E-state index in [0.29, 0.717) is 12.8 Å². The Morgan fingerprint density at radius 1 is 1.30 bits per heavy atom. The van der Waals surface area contributed by atoms with E-state index in [-0.39, 0.29) is 6.61 Å². The van der Waals surface area contributed by atoms with Crippen LogP contribution in [0, 0.1) is 11.3 Å². The van der Waals surface area contributed by atoms with E-state index in [9.17, 15) is 14.9 Å². The fourth-order valence-electron chi connectivity index (χ4n) is 2.40. The highest BCUT2D eigenvalue weighted by atomic mass is 32.2. The molecule has 0 radical (unpaired) electrons. The van der Waals surface area contributed by atoms with Gasteiger partial charge < -0.3 is 10.1 Å². The van der Waals surface area contributed by atoms with Crippen LogP contribution in [-0.4, -0.2) is 24.0 Å². The van der Waals surface area contributed by atoms with E-state index in [0.717, 1.165) is 17.7 Å². The maximum Gasteiger partial charge on any atom is 0.331 e. The number of nitrogens with one attached hydrogen (secondary N) is 1. The van der Waals surface area contributed by atoms with Crippen molar-refractivity contribution in [3.63, 3.8) is 0 Å². The predicted octanol–water partition coefficient (Wildman–Crippen LogP) is 2.79. The zero-order valence-electron chi connectivity index (χ0n) is 12.7. The molecule has 1 aromatic carbocycles. The second-order valence-electron chi connectivity index (χ2n) is 5.29. The Bertz CT molecular complexity index is 616. The van der Waals surface area contributed by atoms with Crippen LogP contribution in [0.3, 0.4) is 0 Å². The number of hydrogen-bond acceptors (Lipinski definition) is 5. The highest BCUT2D eigenvalue weighted by molar-refractivity contribution is 8.02. The molecule has 6 heteroatoms. The van der Waals surface area contributed by atoms with Crippen LogP contribution in [0.2, 0.25) is 0 Å². The van der Waals surface area contributed by atoms with Gasteiger partial charge in [0, 0.05) is 11.0 Å². The molecule has 1 fully saturated rings. The van der Waals surface area contributed by atoms with Gasteiger partial charge in [0.2, 0.25) is 0 Å². The highest BCUT2D eigenvalue weighted by Gasteiger charge is 2.35. The third-order valence-electron chi connectivity index (χ3n) is 3.55. The molecule has 1 amide bonds. The molecular weight excluding hydrogens is 312 g/mol. The normalized spacial score (nSPS) is 16.0. The summed E-state index contributed by atoms with van der Waals surface area (Å²) in [5.74, 6) is -1.02. The fourth-order valence-corrected chi connectivity index (χ4v) is 3.05. The van der Waals surface area contributed by atoms with E-state index in [1.807, 2.05) is 30.3 Å². The Kier molecular flexibility index (Phi) is 6.24. The molecule has 0 unspecified atom stereocenters. The fraction of sp³-hybridized carbons (Fsp3) is 0.353. The van der Waals surface area contributed by atoms with Gasteiger partial charge in [-0.3, -0.25) is 4.79 Å². The third kappa shape index (κ3) is 5.46. The molecule has 0 saturated heterocycles. The molecule has 0 heterocycles. The topological polar surface area (TPSA) is 79.2 Å². The van der Waals surface area contributed by atoms with E-state index < -0.39 is 17.4 Å². The summed E-state index contributed by atoms with van der Waals surface area (Å²) in [6, 6.07) is 11.7. The molecule has 0 atom stereocenters. The first-order valence-corrected chi connectivity index (χ1v) is 8.29. The van der Waals surface area contributed by atoms with Crippen molar-refractivity contribution in [2.24, 2.45) is 0 Å². The van der Waals surface area contributed by atoms with Gasteiger partial charge in [-0.1, -0.05) is 30.0 Å². The van der Waals surface area contributed by atoms with Gasteiger partial charge in [-0.15, -0.1) is 0 Å². The Balaban J connectivity index is 1.71. The molecule has 1 aliphatic carbocycles. The molecule has 2 rings (SSSR count). The number of nitriles is 1. The lowest BCUT2D eigenvalue weighted by Gasteiger charge is -2.21. The minimum absolute atomic E-state index is 0.372. The molecule has 23 heavy (non-hydrogen) atoms. The first-order chi connectivity index (χ1) is 11.1. The minimum atomic E-state index is -0.789. The number of carbonyl (C=O) groups excluding carboxylic acids is 2. The van der Waals surface area contributed by atoms with Gasteiger partial charge in [0.05, 0.1) is 6.07 Å². The molecular formula is C17H18N2O3S. The summed E-state index contributed by atoms with van der Waals surface area (Å²) in [6.45, 7) is -0.372. The maximum absolute atomic E-state index is 11.8. The molecule has 1 N–H and O–H groups in total. The third-order valence-corrected chi connectivity index (χ3v) is 4.36. The van der Waals surface area contributed by atoms with Crippen molar-refractivity contribution in [1.82, 2.24) is 5.32 Å². The Morgan fingerprint density at radius 3 is 2.65 bits per heavy atom. The average Bonchev–Trinajstić information content (AvgIpc) is 3.03. The van der Waals surface area contributed by atoms with Crippen LogP contribution in [-0.2, 0) is 14.3 Å². The predicted molar refractivity (Wildman–Crippen MR) is 87.4 cm³/mol. The molecule has 1 aliphatic rings. The first-order valence-electron chi connectivity index (χ1n) is 7.41. The molecule has 5 nitrogen and oxygen atoms in total. The number of ether oxygens (including phenoxy) is 1. The lowest BCUT2D eigenvalue weighted by Crippen LogP contribution is -2.46. The lowest BCUT2D eigenvalue weighted by molar-refractivity contribution is -0.144. The van der Waals surface area contributed by atoms with Crippen molar-refractivity contribution in [3.05, 3.63) is 41.8 Å². The maximum atomic E-state index is 11.8. The Morgan fingerprint density at radius 2 is 2.00 bits per heavy atom. The van der Waals surface area contributed by atoms with Gasteiger partial charge in [-0.2, -0.15) is 5.26 Å². The lowest BCUT2D eigenvalue weighted by atomic mass is 10.00. The van der Waals surface area contributed by atoms with Crippen molar-refractivity contribution >= 4 is 23.6 Å². The van der Waals surface area contributed by atoms with Crippen molar-refractivity contribution in [1.29, 1.82) is 5.26 Å². The summed E-state index contributed by atoms with van der Waals surface area (Å²) >= 11 is 1.39. The van der Waals surface area contributed by atoms with Crippen LogP contribution in [0.25, 0.3) is 0 Å². The number of nitrogens with zero attached hydrogens (tertiary/aromatic N) is 1. The second-order valence-corrected chi connectivity index (χ2v) is 6.27. The molecule has 1 saturated carbocycles. The van der Waals surface area contributed by atoms with Gasteiger partial charge in [0.15, 0.2) is 6.61 Å². The first kappa shape index (κ1) is 17.1. The second kappa shape index (κ2) is 8.39. The van der Waals surface area contributed by atoms with Crippen LogP contribution in [0.15, 0.2) is 46.7 Å². The quantitative estimate of drug-likeness (QED) is 0.493. The summed E-state index contributed by atoms with van der Waals surface area (Å²) in [7, 11) is 0. The van der Waals surface area contributed by atoms with Crippen LogP contribution in [0.4, 0.5) is 0 Å². The summed E-state index contributed by atoms with van der Waals surface area (Å²) in [5, 5.41) is 13.5. The largest absolute Gasteiger partial charge is 0.452 e. The summed E-state index contributed by atoms with van der Waals surface area (Å²) in [5.41, 5.74) is -0.789. The Hall–Kier alpha value is -2.26. The van der Waals surface area contributed by atoms with Crippen LogP contribution < -0.4 is 5.32 Å². The van der Waals surface area contributed by atoms with Gasteiger partial charge in [0.1, 0.15) is 5.54 Å².